The zero-order valence-corrected chi connectivity index (χ0v) is 18.3. The van der Waals surface area contributed by atoms with Crippen LogP contribution in [0.1, 0.15) is 18.4 Å². The van der Waals surface area contributed by atoms with E-state index in [-0.39, 0.29) is 12.7 Å². The van der Waals surface area contributed by atoms with Crippen molar-refractivity contribution in [3.63, 3.8) is 0 Å². The first-order valence-electron chi connectivity index (χ1n) is 10.2. The number of rotatable bonds is 11. The summed E-state index contributed by atoms with van der Waals surface area (Å²) in [5.74, 6) is 2.08. The number of ether oxygens (including phenoxy) is 4. The number of benzene rings is 2. The van der Waals surface area contributed by atoms with E-state index >= 15 is 0 Å². The van der Waals surface area contributed by atoms with Crippen LogP contribution >= 0.6 is 11.6 Å². The fourth-order valence-electron chi connectivity index (χ4n) is 3.59. The minimum atomic E-state index is -0.637. The Kier molecular flexibility index (Phi) is 8.63. The highest BCUT2D eigenvalue weighted by Gasteiger charge is 2.22. The standard InChI is InChI=1S/C23H30ClNO5/c1-27-22-10-5-17(12-23(22)28-2)13-25(15-21-4-3-11-29-21)14-19(26)16-30-20-8-6-18(24)7-9-20/h5-10,12,19,21,26H,3-4,11,13-16H2,1-2H3/t19-,21+/m0/s1. The van der Waals surface area contributed by atoms with Crippen LogP contribution in [0, 0.1) is 0 Å². The van der Waals surface area contributed by atoms with Gasteiger partial charge >= 0.3 is 0 Å². The Morgan fingerprint density at radius 2 is 1.90 bits per heavy atom. The first-order valence-corrected chi connectivity index (χ1v) is 10.6. The third-order valence-corrected chi connectivity index (χ3v) is 5.32. The van der Waals surface area contributed by atoms with E-state index in [2.05, 4.69) is 4.90 Å². The summed E-state index contributed by atoms with van der Waals surface area (Å²) < 4.78 is 22.3. The lowest BCUT2D eigenvalue weighted by atomic mass is 10.1. The van der Waals surface area contributed by atoms with Gasteiger partial charge in [0.25, 0.3) is 0 Å². The molecule has 2 aromatic carbocycles. The van der Waals surface area contributed by atoms with Gasteiger partial charge in [0.15, 0.2) is 11.5 Å². The molecule has 1 aliphatic rings. The minimum Gasteiger partial charge on any atom is -0.493 e. The SMILES string of the molecule is COc1ccc(CN(C[C@H](O)COc2ccc(Cl)cc2)C[C@H]2CCCO2)cc1OC. The summed E-state index contributed by atoms with van der Waals surface area (Å²) in [5.41, 5.74) is 1.08. The van der Waals surface area contributed by atoms with Crippen molar-refractivity contribution in [1.29, 1.82) is 0 Å². The summed E-state index contributed by atoms with van der Waals surface area (Å²) in [4.78, 5) is 2.20. The van der Waals surface area contributed by atoms with Gasteiger partial charge in [0.2, 0.25) is 0 Å². The normalized spacial score (nSPS) is 17.2. The lowest BCUT2D eigenvalue weighted by Crippen LogP contribution is -2.39. The van der Waals surface area contributed by atoms with Crippen LogP contribution in [0.15, 0.2) is 42.5 Å². The first kappa shape index (κ1) is 22.7. The number of halogens is 1. The van der Waals surface area contributed by atoms with Crippen molar-refractivity contribution in [3.05, 3.63) is 53.1 Å². The molecule has 2 aromatic rings. The Morgan fingerprint density at radius 3 is 2.57 bits per heavy atom. The second-order valence-electron chi connectivity index (χ2n) is 7.44. The van der Waals surface area contributed by atoms with Crippen molar-refractivity contribution in [2.75, 3.05) is 40.5 Å². The summed E-state index contributed by atoms with van der Waals surface area (Å²) in [5, 5.41) is 11.2. The molecular weight excluding hydrogens is 406 g/mol. The highest BCUT2D eigenvalue weighted by Crippen LogP contribution is 2.28. The molecule has 6 nitrogen and oxygen atoms in total. The van der Waals surface area contributed by atoms with Gasteiger partial charge in [-0.2, -0.15) is 0 Å². The van der Waals surface area contributed by atoms with E-state index in [1.807, 2.05) is 18.2 Å². The molecular formula is C23H30ClNO5. The van der Waals surface area contributed by atoms with Gasteiger partial charge < -0.3 is 24.1 Å². The molecule has 7 heteroatoms. The molecule has 0 aliphatic carbocycles. The number of hydrogen-bond acceptors (Lipinski definition) is 6. The van der Waals surface area contributed by atoms with Gasteiger partial charge in [-0.05, 0) is 54.8 Å². The Bertz CT molecular complexity index is 780. The van der Waals surface area contributed by atoms with Gasteiger partial charge in [0.05, 0.1) is 20.3 Å². The van der Waals surface area contributed by atoms with E-state index in [9.17, 15) is 5.11 Å². The van der Waals surface area contributed by atoms with Crippen molar-refractivity contribution in [1.82, 2.24) is 4.90 Å². The fraction of sp³-hybridized carbons (Fsp3) is 0.478. The van der Waals surface area contributed by atoms with Crippen molar-refractivity contribution >= 4 is 11.6 Å². The lowest BCUT2D eigenvalue weighted by molar-refractivity contribution is 0.0313. The van der Waals surface area contributed by atoms with E-state index in [0.717, 1.165) is 31.6 Å². The summed E-state index contributed by atoms with van der Waals surface area (Å²) in [6.07, 6.45) is 1.67. The van der Waals surface area contributed by atoms with E-state index in [0.29, 0.717) is 35.4 Å². The molecule has 1 N–H and O–H groups in total. The second-order valence-corrected chi connectivity index (χ2v) is 7.87. The van der Waals surface area contributed by atoms with Crippen LogP contribution < -0.4 is 14.2 Å². The first-order chi connectivity index (χ1) is 14.6. The van der Waals surface area contributed by atoms with Gasteiger partial charge in [0, 0.05) is 31.3 Å². The van der Waals surface area contributed by atoms with Crippen molar-refractivity contribution in [2.45, 2.75) is 31.6 Å². The van der Waals surface area contributed by atoms with Crippen molar-refractivity contribution in [2.24, 2.45) is 0 Å². The number of hydrogen-bond donors (Lipinski definition) is 1. The molecule has 3 rings (SSSR count). The molecule has 1 fully saturated rings. The summed E-state index contributed by atoms with van der Waals surface area (Å²) >= 11 is 5.90. The van der Waals surface area contributed by atoms with Gasteiger partial charge in [-0.1, -0.05) is 17.7 Å². The van der Waals surface area contributed by atoms with E-state index < -0.39 is 6.10 Å². The summed E-state index contributed by atoms with van der Waals surface area (Å²) in [6.45, 7) is 2.90. The maximum Gasteiger partial charge on any atom is 0.161 e. The Hall–Kier alpha value is -1.99. The third-order valence-electron chi connectivity index (χ3n) is 5.06. The molecule has 1 aliphatic heterocycles. The van der Waals surface area contributed by atoms with Crippen LogP contribution in [0.4, 0.5) is 0 Å². The quantitative estimate of drug-likeness (QED) is 0.579. The van der Waals surface area contributed by atoms with Crippen molar-refractivity contribution < 1.29 is 24.1 Å². The van der Waals surface area contributed by atoms with Crippen LogP contribution in [-0.2, 0) is 11.3 Å². The average Bonchev–Trinajstić information content (AvgIpc) is 3.26. The number of nitrogens with zero attached hydrogens (tertiary/aromatic N) is 1. The van der Waals surface area contributed by atoms with Gasteiger partial charge in [0.1, 0.15) is 18.5 Å². The molecule has 164 valence electrons. The average molecular weight is 436 g/mol. The van der Waals surface area contributed by atoms with Crippen LogP contribution in [0.2, 0.25) is 5.02 Å². The number of aliphatic hydroxyl groups excluding tert-OH is 1. The molecule has 0 radical (unpaired) electrons. The Balaban J connectivity index is 1.61. The predicted octanol–water partition coefficient (Wildman–Crippen LogP) is 3.78. The molecule has 2 atom stereocenters. The second kappa shape index (κ2) is 11.4. The molecule has 1 saturated heterocycles. The predicted molar refractivity (Wildman–Crippen MR) is 117 cm³/mol. The molecule has 1 heterocycles. The molecule has 0 spiro atoms. The van der Waals surface area contributed by atoms with E-state index in [1.54, 1.807) is 38.5 Å². The monoisotopic (exact) mass is 435 g/mol. The van der Waals surface area contributed by atoms with Crippen LogP contribution in [0.25, 0.3) is 0 Å². The molecule has 0 saturated carbocycles. The fourth-order valence-corrected chi connectivity index (χ4v) is 3.72. The third kappa shape index (κ3) is 6.77. The molecule has 30 heavy (non-hydrogen) atoms. The Morgan fingerprint density at radius 1 is 1.13 bits per heavy atom. The van der Waals surface area contributed by atoms with Gasteiger partial charge in [-0.15, -0.1) is 0 Å². The van der Waals surface area contributed by atoms with E-state index in [4.69, 9.17) is 30.5 Å². The maximum absolute atomic E-state index is 10.6. The zero-order valence-electron chi connectivity index (χ0n) is 17.6. The maximum atomic E-state index is 10.6. The van der Waals surface area contributed by atoms with Crippen molar-refractivity contribution in [3.8, 4) is 17.2 Å². The Labute approximate surface area is 183 Å². The summed E-state index contributed by atoms with van der Waals surface area (Å²) in [6, 6.07) is 13.0. The lowest BCUT2D eigenvalue weighted by Gasteiger charge is -2.27. The van der Waals surface area contributed by atoms with Gasteiger partial charge in [-0.25, -0.2) is 0 Å². The molecule has 0 amide bonds. The highest BCUT2D eigenvalue weighted by atomic mass is 35.5. The topological polar surface area (TPSA) is 60.4 Å². The van der Waals surface area contributed by atoms with Gasteiger partial charge in [-0.3, -0.25) is 4.90 Å². The smallest absolute Gasteiger partial charge is 0.161 e. The minimum absolute atomic E-state index is 0.189. The highest BCUT2D eigenvalue weighted by molar-refractivity contribution is 6.30. The van der Waals surface area contributed by atoms with Crippen LogP contribution in [-0.4, -0.2) is 62.7 Å². The largest absolute Gasteiger partial charge is 0.493 e. The molecule has 0 aromatic heterocycles. The molecule has 0 bridgehead atoms. The van der Waals surface area contributed by atoms with Crippen LogP contribution in [0.3, 0.4) is 0 Å². The number of aliphatic hydroxyl groups is 1. The van der Waals surface area contributed by atoms with E-state index in [1.165, 1.54) is 0 Å². The number of methoxy groups -OCH3 is 2. The summed E-state index contributed by atoms with van der Waals surface area (Å²) in [7, 11) is 3.25. The van der Waals surface area contributed by atoms with Crippen LogP contribution in [0.5, 0.6) is 17.2 Å². The zero-order chi connectivity index (χ0) is 21.3. The molecule has 0 unspecified atom stereocenters.